The van der Waals surface area contributed by atoms with Crippen LogP contribution in [0, 0.1) is 6.92 Å². The quantitative estimate of drug-likeness (QED) is 0.590. The summed E-state index contributed by atoms with van der Waals surface area (Å²) in [5.74, 6) is 1.35. The van der Waals surface area contributed by atoms with Crippen molar-refractivity contribution in [1.29, 1.82) is 0 Å². The summed E-state index contributed by atoms with van der Waals surface area (Å²) in [5, 5.41) is 4.27. The summed E-state index contributed by atoms with van der Waals surface area (Å²) in [4.78, 5) is 8.62. The van der Waals surface area contributed by atoms with Gasteiger partial charge in [-0.05, 0) is 29.7 Å². The Morgan fingerprint density at radius 3 is 2.53 bits per heavy atom. The lowest BCUT2D eigenvalue weighted by molar-refractivity contribution is 0.0341. The third-order valence-electron chi connectivity index (χ3n) is 4.59. The van der Waals surface area contributed by atoms with Crippen LogP contribution in [0.4, 0.5) is 5.82 Å². The first-order valence-electron chi connectivity index (χ1n) is 9.50. The number of aromatic nitrogens is 3. The molecule has 2 aromatic heterocycles. The smallest absolute Gasteiger partial charge is 0.189 e. The fourth-order valence-corrected chi connectivity index (χ4v) is 3.10. The van der Waals surface area contributed by atoms with Crippen LogP contribution in [0.5, 0.6) is 5.75 Å². The van der Waals surface area contributed by atoms with Crippen molar-refractivity contribution >= 4 is 30.6 Å². The molecule has 0 spiro atoms. The molecule has 0 aliphatic carbocycles. The van der Waals surface area contributed by atoms with E-state index in [1.807, 2.05) is 37.5 Å². The normalized spacial score (nSPS) is 13.8. The highest BCUT2D eigenvalue weighted by atomic mass is 35.5. The molecular weight excluding hydrogens is 425 g/mol. The van der Waals surface area contributed by atoms with E-state index >= 15 is 0 Å². The van der Waals surface area contributed by atoms with Crippen LogP contribution in [0.3, 0.4) is 0 Å². The van der Waals surface area contributed by atoms with E-state index in [1.165, 1.54) is 0 Å². The largest absolute Gasteiger partial charge is 0.485 e. The molecule has 162 valence electrons. The predicted molar refractivity (Wildman–Crippen MR) is 122 cm³/mol. The van der Waals surface area contributed by atoms with Crippen molar-refractivity contribution in [3.63, 3.8) is 0 Å². The average molecular weight is 452 g/mol. The number of hydrogen-bond donors (Lipinski definition) is 1. The fraction of sp³-hybridized carbons (Fsp3) is 0.333. The first kappa shape index (κ1) is 24.0. The van der Waals surface area contributed by atoms with Gasteiger partial charge >= 0.3 is 0 Å². The number of hydrogen-bond acceptors (Lipinski definition) is 6. The zero-order valence-electron chi connectivity index (χ0n) is 16.9. The summed E-state index contributed by atoms with van der Waals surface area (Å²) in [6.07, 6.45) is 5.60. The molecule has 9 heteroatoms. The molecule has 1 aromatic carbocycles. The van der Waals surface area contributed by atoms with Crippen molar-refractivity contribution in [2.24, 2.45) is 0 Å². The number of nitrogens with one attached hydrogen (secondary N) is 1. The number of pyridine rings is 1. The lowest BCUT2D eigenvalue weighted by Gasteiger charge is -2.26. The van der Waals surface area contributed by atoms with E-state index in [0.29, 0.717) is 18.2 Å². The summed E-state index contributed by atoms with van der Waals surface area (Å²) in [6.45, 7) is 6.75. The number of rotatable bonds is 7. The minimum absolute atomic E-state index is 0. The van der Waals surface area contributed by atoms with Crippen LogP contribution < -0.4 is 10.2 Å². The molecule has 0 saturated carbocycles. The molecule has 0 unspecified atom stereocenters. The molecule has 3 aromatic rings. The third kappa shape index (κ3) is 6.60. The zero-order chi connectivity index (χ0) is 19.2. The highest BCUT2D eigenvalue weighted by molar-refractivity contribution is 5.85. The molecule has 1 N–H and O–H groups in total. The Hall–Kier alpha value is -2.32. The summed E-state index contributed by atoms with van der Waals surface area (Å²) < 4.78 is 11.6. The standard InChI is InChI=1S/C21H25N5O2.2ClH/c1-17-12-23-26(14-17)24-21-20(28-16-18-5-3-2-4-6-18)11-19(13-22-21)15-25-7-9-27-10-8-25;;/h2-6,11-14H,7-10,15-16H2,1H3,(H,22,24);2*1H. The molecule has 0 atom stereocenters. The molecule has 0 radical (unpaired) electrons. The van der Waals surface area contributed by atoms with Crippen LogP contribution in [-0.4, -0.2) is 46.1 Å². The summed E-state index contributed by atoms with van der Waals surface area (Å²) in [7, 11) is 0. The van der Waals surface area contributed by atoms with Crippen molar-refractivity contribution in [3.05, 3.63) is 71.7 Å². The Kier molecular flexibility index (Phi) is 9.39. The van der Waals surface area contributed by atoms with Crippen LogP contribution in [0.1, 0.15) is 16.7 Å². The Balaban J connectivity index is 0.00000160. The maximum absolute atomic E-state index is 6.12. The maximum Gasteiger partial charge on any atom is 0.189 e. The van der Waals surface area contributed by atoms with Gasteiger partial charge in [-0.2, -0.15) is 9.89 Å². The molecule has 0 amide bonds. The monoisotopic (exact) mass is 451 g/mol. The first-order valence-corrected chi connectivity index (χ1v) is 9.50. The van der Waals surface area contributed by atoms with Crippen LogP contribution in [-0.2, 0) is 17.9 Å². The predicted octanol–water partition coefficient (Wildman–Crippen LogP) is 3.72. The fourth-order valence-electron chi connectivity index (χ4n) is 3.10. The summed E-state index contributed by atoms with van der Waals surface area (Å²) >= 11 is 0. The molecule has 1 fully saturated rings. The van der Waals surface area contributed by atoms with Gasteiger partial charge in [0.2, 0.25) is 0 Å². The van der Waals surface area contributed by atoms with E-state index in [0.717, 1.165) is 49.5 Å². The Bertz CT molecular complexity index is 901. The molecule has 1 aliphatic heterocycles. The van der Waals surface area contributed by atoms with Crippen molar-refractivity contribution in [3.8, 4) is 5.75 Å². The van der Waals surface area contributed by atoms with Gasteiger partial charge in [-0.15, -0.1) is 24.8 Å². The van der Waals surface area contributed by atoms with E-state index in [4.69, 9.17) is 9.47 Å². The van der Waals surface area contributed by atoms with Crippen LogP contribution >= 0.6 is 24.8 Å². The second kappa shape index (κ2) is 11.8. The lowest BCUT2D eigenvalue weighted by atomic mass is 10.2. The van der Waals surface area contributed by atoms with Crippen LogP contribution in [0.25, 0.3) is 0 Å². The number of benzene rings is 1. The molecule has 1 aliphatic rings. The van der Waals surface area contributed by atoms with Crippen LogP contribution in [0.2, 0.25) is 0 Å². The van der Waals surface area contributed by atoms with Gasteiger partial charge < -0.3 is 9.47 Å². The van der Waals surface area contributed by atoms with Crippen molar-refractivity contribution in [2.75, 3.05) is 31.7 Å². The van der Waals surface area contributed by atoms with E-state index in [2.05, 4.69) is 38.6 Å². The second-order valence-corrected chi connectivity index (χ2v) is 6.93. The van der Waals surface area contributed by atoms with Gasteiger partial charge in [-0.3, -0.25) is 10.3 Å². The minimum Gasteiger partial charge on any atom is -0.485 e. The number of anilines is 1. The molecular formula is C21H27Cl2N5O2. The molecule has 30 heavy (non-hydrogen) atoms. The number of halogens is 2. The Labute approximate surface area is 189 Å². The van der Waals surface area contributed by atoms with Gasteiger partial charge in [0.15, 0.2) is 11.6 Å². The molecule has 1 saturated heterocycles. The molecule has 3 heterocycles. The Morgan fingerprint density at radius 1 is 1.07 bits per heavy atom. The van der Waals surface area contributed by atoms with Gasteiger partial charge in [-0.25, -0.2) is 4.98 Å². The van der Waals surface area contributed by atoms with Crippen molar-refractivity contribution in [1.82, 2.24) is 19.8 Å². The minimum atomic E-state index is 0. The first-order chi connectivity index (χ1) is 13.8. The topological polar surface area (TPSA) is 64.4 Å². The number of nitrogens with zero attached hydrogens (tertiary/aromatic N) is 4. The number of morpholine rings is 1. The summed E-state index contributed by atoms with van der Waals surface area (Å²) in [5.41, 5.74) is 6.50. The average Bonchev–Trinajstić information content (AvgIpc) is 3.14. The zero-order valence-corrected chi connectivity index (χ0v) is 18.5. The highest BCUT2D eigenvalue weighted by Crippen LogP contribution is 2.25. The highest BCUT2D eigenvalue weighted by Gasteiger charge is 2.14. The number of aryl methyl sites for hydroxylation is 1. The van der Waals surface area contributed by atoms with E-state index in [9.17, 15) is 0 Å². The van der Waals surface area contributed by atoms with Crippen molar-refractivity contribution < 1.29 is 9.47 Å². The SMILES string of the molecule is Cc1cnn(Nc2ncc(CN3CCOCC3)cc2OCc2ccccc2)c1.Cl.Cl. The maximum atomic E-state index is 6.12. The van der Waals surface area contributed by atoms with Crippen molar-refractivity contribution in [2.45, 2.75) is 20.1 Å². The Morgan fingerprint density at radius 2 is 1.83 bits per heavy atom. The van der Waals surface area contributed by atoms with E-state index < -0.39 is 0 Å². The number of ether oxygens (including phenoxy) is 2. The van der Waals surface area contributed by atoms with Gasteiger partial charge in [0.05, 0.1) is 25.6 Å². The van der Waals surface area contributed by atoms with Crippen LogP contribution in [0.15, 0.2) is 55.0 Å². The second-order valence-electron chi connectivity index (χ2n) is 6.93. The van der Waals surface area contributed by atoms with E-state index in [-0.39, 0.29) is 24.8 Å². The van der Waals surface area contributed by atoms with E-state index in [1.54, 1.807) is 11.0 Å². The molecule has 4 rings (SSSR count). The molecule has 7 nitrogen and oxygen atoms in total. The lowest BCUT2D eigenvalue weighted by Crippen LogP contribution is -2.35. The van der Waals surface area contributed by atoms with Gasteiger partial charge in [0.1, 0.15) is 6.61 Å². The van der Waals surface area contributed by atoms with Gasteiger partial charge in [-0.1, -0.05) is 30.3 Å². The third-order valence-corrected chi connectivity index (χ3v) is 4.59. The van der Waals surface area contributed by atoms with Gasteiger partial charge in [0, 0.05) is 25.8 Å². The molecule has 0 bridgehead atoms. The summed E-state index contributed by atoms with van der Waals surface area (Å²) in [6, 6.07) is 12.2. The van der Waals surface area contributed by atoms with Gasteiger partial charge in [0.25, 0.3) is 0 Å².